The van der Waals surface area contributed by atoms with Crippen LogP contribution in [0.3, 0.4) is 0 Å². The fraction of sp³-hybridized carbons (Fsp3) is 0.353. The van der Waals surface area contributed by atoms with Crippen molar-refractivity contribution in [1.29, 1.82) is 0 Å². The van der Waals surface area contributed by atoms with Gasteiger partial charge in [0.05, 0.1) is 0 Å². The van der Waals surface area contributed by atoms with Gasteiger partial charge in [0.15, 0.2) is 0 Å². The molecule has 0 aliphatic heterocycles. The molecule has 0 heterocycles. The molecule has 0 fully saturated rings. The SMILES string of the molecule is C=C/C(CC)=C(/C(=[Se])N(CC)CC)c1ccccc1. The van der Waals surface area contributed by atoms with Gasteiger partial charge >= 0.3 is 125 Å². The van der Waals surface area contributed by atoms with E-state index in [4.69, 9.17) is 0 Å². The van der Waals surface area contributed by atoms with Crippen molar-refractivity contribution < 1.29 is 0 Å². The fourth-order valence-corrected chi connectivity index (χ4v) is 3.21. The third kappa shape index (κ3) is 3.92. The Balaban J connectivity index is 3.33. The van der Waals surface area contributed by atoms with E-state index < -0.39 is 0 Å². The first-order chi connectivity index (χ1) is 9.19. The zero-order chi connectivity index (χ0) is 14.3. The van der Waals surface area contributed by atoms with E-state index in [1.807, 2.05) is 6.08 Å². The minimum absolute atomic E-state index is 0.986. The number of likely N-dealkylation sites (N-methyl/N-ethyl adjacent to an activating group) is 1. The number of rotatable bonds is 7. The summed E-state index contributed by atoms with van der Waals surface area (Å²) in [5, 5.41) is 0. The van der Waals surface area contributed by atoms with Gasteiger partial charge in [0.25, 0.3) is 0 Å². The van der Waals surface area contributed by atoms with Crippen LogP contribution in [0.1, 0.15) is 32.8 Å². The molecule has 1 nitrogen and oxygen atoms in total. The van der Waals surface area contributed by atoms with Crippen LogP contribution < -0.4 is 0 Å². The van der Waals surface area contributed by atoms with Crippen molar-refractivity contribution >= 4 is 25.7 Å². The van der Waals surface area contributed by atoms with E-state index in [1.54, 1.807) is 0 Å². The molecule has 0 aliphatic carbocycles. The van der Waals surface area contributed by atoms with Crippen molar-refractivity contribution in [2.75, 3.05) is 13.1 Å². The van der Waals surface area contributed by atoms with Crippen LogP contribution in [0.5, 0.6) is 0 Å². The van der Waals surface area contributed by atoms with Gasteiger partial charge in [-0.3, -0.25) is 0 Å². The molecule has 102 valence electrons. The van der Waals surface area contributed by atoms with Crippen LogP contribution >= 0.6 is 0 Å². The van der Waals surface area contributed by atoms with Gasteiger partial charge < -0.3 is 0 Å². The molecule has 2 heteroatoms. The summed E-state index contributed by atoms with van der Waals surface area (Å²) in [6.07, 6.45) is 2.96. The Morgan fingerprint density at radius 2 is 1.74 bits per heavy atom. The van der Waals surface area contributed by atoms with E-state index in [1.165, 1.54) is 21.3 Å². The molecule has 0 atom stereocenters. The first-order valence-corrected chi connectivity index (χ1v) is 7.75. The summed E-state index contributed by atoms with van der Waals surface area (Å²) in [5.74, 6) is 0. The van der Waals surface area contributed by atoms with Gasteiger partial charge in [-0.05, 0) is 0 Å². The fourth-order valence-electron chi connectivity index (χ4n) is 2.14. The second-order valence-corrected chi connectivity index (χ2v) is 5.11. The molecule has 0 bridgehead atoms. The van der Waals surface area contributed by atoms with Crippen molar-refractivity contribution in [1.82, 2.24) is 4.90 Å². The van der Waals surface area contributed by atoms with Crippen molar-refractivity contribution in [3.63, 3.8) is 0 Å². The van der Waals surface area contributed by atoms with Crippen LogP contribution in [-0.4, -0.2) is 38.1 Å². The minimum atomic E-state index is 0.986. The normalized spacial score (nSPS) is 11.7. The van der Waals surface area contributed by atoms with Gasteiger partial charge in [-0.1, -0.05) is 0 Å². The number of nitrogens with zero attached hydrogens (tertiary/aromatic N) is 1. The van der Waals surface area contributed by atoms with E-state index >= 15 is 0 Å². The number of hydrogen-bond acceptors (Lipinski definition) is 1. The van der Waals surface area contributed by atoms with Crippen LogP contribution in [0, 0.1) is 0 Å². The summed E-state index contributed by atoms with van der Waals surface area (Å²) in [5.41, 5.74) is 3.81. The molecular formula is C17H23NSe. The molecule has 0 amide bonds. The van der Waals surface area contributed by atoms with E-state index in [0.29, 0.717) is 0 Å². The van der Waals surface area contributed by atoms with E-state index in [2.05, 4.69) is 78.2 Å². The van der Waals surface area contributed by atoms with Gasteiger partial charge in [-0.15, -0.1) is 0 Å². The van der Waals surface area contributed by atoms with Crippen LogP contribution in [0.4, 0.5) is 0 Å². The molecule has 0 aromatic heterocycles. The molecule has 1 aromatic carbocycles. The average Bonchev–Trinajstić information content (AvgIpc) is 2.46. The van der Waals surface area contributed by atoms with Crippen LogP contribution in [0.2, 0.25) is 0 Å². The van der Waals surface area contributed by atoms with E-state index in [-0.39, 0.29) is 0 Å². The molecule has 1 aromatic rings. The molecule has 0 N–H and O–H groups in total. The molecule has 1 rings (SSSR count). The third-order valence-corrected chi connectivity index (χ3v) is 4.25. The maximum absolute atomic E-state index is 3.97. The second kappa shape index (κ2) is 8.14. The Kier molecular flexibility index (Phi) is 6.83. The molecule has 0 saturated carbocycles. The topological polar surface area (TPSA) is 3.24 Å². The number of hydrogen-bond donors (Lipinski definition) is 0. The van der Waals surface area contributed by atoms with E-state index in [9.17, 15) is 0 Å². The van der Waals surface area contributed by atoms with Gasteiger partial charge in [-0.2, -0.15) is 0 Å². The van der Waals surface area contributed by atoms with Gasteiger partial charge in [0, 0.05) is 0 Å². The molecule has 19 heavy (non-hydrogen) atoms. The first-order valence-electron chi connectivity index (χ1n) is 6.89. The van der Waals surface area contributed by atoms with Crippen LogP contribution in [-0.2, 0) is 0 Å². The Morgan fingerprint density at radius 1 is 1.16 bits per heavy atom. The first kappa shape index (κ1) is 15.9. The Bertz CT molecular complexity index is 455. The Hall–Kier alpha value is -1.11. The molecular weight excluding hydrogens is 297 g/mol. The average molecular weight is 320 g/mol. The molecule has 0 aliphatic rings. The summed E-state index contributed by atoms with van der Waals surface area (Å²) < 4.78 is 1.22. The molecule has 0 spiro atoms. The summed E-state index contributed by atoms with van der Waals surface area (Å²) in [6, 6.07) is 10.5. The molecule has 0 radical (unpaired) electrons. The van der Waals surface area contributed by atoms with Gasteiger partial charge in [0.1, 0.15) is 0 Å². The van der Waals surface area contributed by atoms with Crippen LogP contribution in [0.25, 0.3) is 5.57 Å². The van der Waals surface area contributed by atoms with Crippen molar-refractivity contribution in [3.8, 4) is 0 Å². The monoisotopic (exact) mass is 321 g/mol. The maximum atomic E-state index is 3.97. The Morgan fingerprint density at radius 3 is 2.16 bits per heavy atom. The van der Waals surface area contributed by atoms with Crippen LogP contribution in [0.15, 0.2) is 48.6 Å². The quantitative estimate of drug-likeness (QED) is 0.547. The zero-order valence-corrected chi connectivity index (χ0v) is 13.9. The zero-order valence-electron chi connectivity index (χ0n) is 12.1. The predicted molar refractivity (Wildman–Crippen MR) is 87.5 cm³/mol. The predicted octanol–water partition coefficient (Wildman–Crippen LogP) is 3.68. The van der Waals surface area contributed by atoms with Crippen molar-refractivity contribution in [2.24, 2.45) is 0 Å². The van der Waals surface area contributed by atoms with Crippen molar-refractivity contribution in [2.45, 2.75) is 27.2 Å². The second-order valence-electron chi connectivity index (χ2n) is 4.30. The van der Waals surface area contributed by atoms with Gasteiger partial charge in [-0.25, -0.2) is 0 Å². The third-order valence-electron chi connectivity index (χ3n) is 3.28. The summed E-state index contributed by atoms with van der Waals surface area (Å²) in [7, 11) is 0. The standard InChI is InChI=1S/C17H23NSe/c1-5-14(6-2)16(15-12-10-9-11-13-15)17(19)18(7-3)8-4/h5,9-13H,1,6-8H2,2-4H3/b16-14-. The molecule has 0 unspecified atom stereocenters. The summed E-state index contributed by atoms with van der Waals surface area (Å²) in [6.45, 7) is 12.5. The molecule has 0 saturated heterocycles. The summed E-state index contributed by atoms with van der Waals surface area (Å²) >= 11 is 3.26. The van der Waals surface area contributed by atoms with E-state index in [0.717, 1.165) is 19.5 Å². The van der Waals surface area contributed by atoms with Crippen molar-refractivity contribution in [3.05, 3.63) is 54.1 Å². The van der Waals surface area contributed by atoms with Gasteiger partial charge in [0.2, 0.25) is 0 Å². The summed E-state index contributed by atoms with van der Waals surface area (Å²) in [4.78, 5) is 2.35. The number of allylic oxidation sites excluding steroid dienone is 2. The Labute approximate surface area is 125 Å². The number of benzene rings is 1.